The predicted molar refractivity (Wildman–Crippen MR) is 244 cm³/mol. The fourth-order valence-electron chi connectivity index (χ4n) is 8.07. The van der Waals surface area contributed by atoms with E-state index in [4.69, 9.17) is 9.47 Å². The van der Waals surface area contributed by atoms with Gasteiger partial charge >= 0.3 is 11.9 Å². The first-order valence-corrected chi connectivity index (χ1v) is 25.0. The van der Waals surface area contributed by atoms with Crippen molar-refractivity contribution < 1.29 is 23.9 Å². The Balaban J connectivity index is 4.23. The van der Waals surface area contributed by atoms with Gasteiger partial charge in [-0.05, 0) is 64.5 Å². The number of rotatable bonds is 44. The Bertz CT molecular complexity index is 818. The average Bonchev–Trinajstić information content (AvgIpc) is 3.18. The van der Waals surface area contributed by atoms with Crippen LogP contribution in [0.2, 0.25) is 0 Å². The zero-order valence-electron chi connectivity index (χ0n) is 39.1. The SMILES string of the molecule is CCCCCC(CCCCC)CCOC(=O)CCCCCCCCC(CCCCCCCCC(=O)OCCC(CCCCC)CCCCC)NC(=O)CCN(C)C. The van der Waals surface area contributed by atoms with Gasteiger partial charge in [0.05, 0.1) is 13.2 Å². The molecule has 0 atom stereocenters. The summed E-state index contributed by atoms with van der Waals surface area (Å²) >= 11 is 0. The van der Waals surface area contributed by atoms with E-state index in [1.807, 2.05) is 14.1 Å². The molecular weight excluding hydrogens is 709 g/mol. The van der Waals surface area contributed by atoms with E-state index in [9.17, 15) is 14.4 Å². The van der Waals surface area contributed by atoms with Crippen molar-refractivity contribution in [1.82, 2.24) is 10.2 Å². The van der Waals surface area contributed by atoms with E-state index < -0.39 is 0 Å². The van der Waals surface area contributed by atoms with Gasteiger partial charge < -0.3 is 19.7 Å². The van der Waals surface area contributed by atoms with Gasteiger partial charge in [0.15, 0.2) is 0 Å². The van der Waals surface area contributed by atoms with Gasteiger partial charge in [-0.3, -0.25) is 14.4 Å². The molecule has 1 N–H and O–H groups in total. The van der Waals surface area contributed by atoms with Crippen LogP contribution >= 0.6 is 0 Å². The molecule has 338 valence electrons. The van der Waals surface area contributed by atoms with Crippen LogP contribution in [0, 0.1) is 11.8 Å². The lowest BCUT2D eigenvalue weighted by molar-refractivity contribution is -0.145. The molecule has 0 unspecified atom stereocenters. The van der Waals surface area contributed by atoms with Crippen LogP contribution in [-0.2, 0) is 23.9 Å². The summed E-state index contributed by atoms with van der Waals surface area (Å²) < 4.78 is 11.3. The highest BCUT2D eigenvalue weighted by molar-refractivity contribution is 5.76. The summed E-state index contributed by atoms with van der Waals surface area (Å²) in [5.41, 5.74) is 0. The van der Waals surface area contributed by atoms with Gasteiger partial charge in [-0.2, -0.15) is 0 Å². The van der Waals surface area contributed by atoms with Crippen LogP contribution < -0.4 is 5.32 Å². The Hall–Kier alpha value is -1.63. The lowest BCUT2D eigenvalue weighted by atomic mass is 9.92. The second kappa shape index (κ2) is 42.5. The van der Waals surface area contributed by atoms with Crippen molar-refractivity contribution in [3.63, 3.8) is 0 Å². The standard InChI is InChI=1S/C50H98N2O5/c1-7-11-23-31-45(32-24-12-8-2)40-43-56-49(54)37-29-21-17-15-19-27-35-47(51-48(53)39-42-52(5)6)36-28-20-16-18-22-30-38-50(55)57-44-41-46(33-25-13-9-3)34-26-14-10-4/h45-47H,7-44H2,1-6H3,(H,51,53). The molecule has 0 heterocycles. The van der Waals surface area contributed by atoms with Crippen LogP contribution in [0.1, 0.15) is 252 Å². The van der Waals surface area contributed by atoms with E-state index in [1.165, 1.54) is 128 Å². The van der Waals surface area contributed by atoms with Gasteiger partial charge in [0, 0.05) is 31.8 Å². The minimum atomic E-state index is -0.0199. The second-order valence-corrected chi connectivity index (χ2v) is 17.9. The van der Waals surface area contributed by atoms with E-state index in [0.29, 0.717) is 44.3 Å². The number of ether oxygens (including phenoxy) is 2. The molecule has 0 aromatic rings. The molecule has 0 aromatic carbocycles. The molecule has 0 saturated carbocycles. The van der Waals surface area contributed by atoms with Crippen LogP contribution in [0.3, 0.4) is 0 Å². The first kappa shape index (κ1) is 55.4. The van der Waals surface area contributed by atoms with E-state index >= 15 is 0 Å². The van der Waals surface area contributed by atoms with Gasteiger partial charge in [-0.25, -0.2) is 0 Å². The quantitative estimate of drug-likeness (QED) is 0.0487. The van der Waals surface area contributed by atoms with Crippen molar-refractivity contribution in [2.24, 2.45) is 11.8 Å². The molecular formula is C50H98N2O5. The smallest absolute Gasteiger partial charge is 0.305 e. The van der Waals surface area contributed by atoms with E-state index in [1.54, 1.807) is 0 Å². The molecule has 0 radical (unpaired) electrons. The van der Waals surface area contributed by atoms with Crippen LogP contribution in [-0.4, -0.2) is 62.6 Å². The van der Waals surface area contributed by atoms with E-state index in [0.717, 1.165) is 83.6 Å². The lowest BCUT2D eigenvalue weighted by Crippen LogP contribution is -2.36. The minimum Gasteiger partial charge on any atom is -0.466 e. The van der Waals surface area contributed by atoms with Gasteiger partial charge in [-0.15, -0.1) is 0 Å². The van der Waals surface area contributed by atoms with Gasteiger partial charge in [0.1, 0.15) is 0 Å². The highest BCUT2D eigenvalue weighted by atomic mass is 16.5. The number of carbonyl (C=O) groups is 3. The number of hydrogen-bond acceptors (Lipinski definition) is 6. The van der Waals surface area contributed by atoms with Crippen LogP contribution in [0.5, 0.6) is 0 Å². The number of nitrogens with zero attached hydrogens (tertiary/aromatic N) is 1. The summed E-state index contributed by atoms with van der Waals surface area (Å²) in [5, 5.41) is 3.35. The number of carbonyl (C=O) groups excluding carboxylic acids is 3. The van der Waals surface area contributed by atoms with Crippen molar-refractivity contribution in [2.45, 2.75) is 258 Å². The van der Waals surface area contributed by atoms with Crippen molar-refractivity contribution in [3.8, 4) is 0 Å². The molecule has 0 aliphatic rings. The lowest BCUT2D eigenvalue weighted by Gasteiger charge is -2.20. The zero-order valence-corrected chi connectivity index (χ0v) is 39.1. The molecule has 0 spiro atoms. The maximum atomic E-state index is 12.7. The third-order valence-corrected chi connectivity index (χ3v) is 12.0. The second-order valence-electron chi connectivity index (χ2n) is 17.9. The topological polar surface area (TPSA) is 84.9 Å². The molecule has 1 amide bonds. The normalized spacial score (nSPS) is 11.7. The minimum absolute atomic E-state index is 0.0199. The number of nitrogens with one attached hydrogen (secondary N) is 1. The largest absolute Gasteiger partial charge is 0.466 e. The van der Waals surface area contributed by atoms with Crippen LogP contribution in [0.4, 0.5) is 0 Å². The maximum Gasteiger partial charge on any atom is 0.305 e. The molecule has 57 heavy (non-hydrogen) atoms. The first-order valence-electron chi connectivity index (χ1n) is 25.0. The van der Waals surface area contributed by atoms with Crippen molar-refractivity contribution in [1.29, 1.82) is 0 Å². The van der Waals surface area contributed by atoms with E-state index in [2.05, 4.69) is 37.9 Å². The Morgan fingerprint density at radius 1 is 0.421 bits per heavy atom. The molecule has 0 rings (SSSR count). The molecule has 0 fully saturated rings. The number of hydrogen-bond donors (Lipinski definition) is 1. The maximum absolute atomic E-state index is 12.7. The number of amides is 1. The summed E-state index contributed by atoms with van der Waals surface area (Å²) in [5.74, 6) is 1.53. The number of esters is 2. The molecule has 0 saturated heterocycles. The molecule has 0 bridgehead atoms. The molecule has 0 aliphatic carbocycles. The fourth-order valence-corrected chi connectivity index (χ4v) is 8.07. The summed E-state index contributed by atoms with van der Waals surface area (Å²) in [6, 6.07) is 0.250. The fraction of sp³-hybridized carbons (Fsp3) is 0.940. The Kier molecular flexibility index (Phi) is 41.3. The van der Waals surface area contributed by atoms with Crippen molar-refractivity contribution >= 4 is 17.8 Å². The van der Waals surface area contributed by atoms with Crippen LogP contribution in [0.25, 0.3) is 0 Å². The third-order valence-electron chi connectivity index (χ3n) is 12.0. The Morgan fingerprint density at radius 2 is 0.754 bits per heavy atom. The number of unbranched alkanes of at least 4 members (excludes halogenated alkanes) is 18. The zero-order chi connectivity index (χ0) is 42.0. The summed E-state index contributed by atoms with van der Waals surface area (Å²) in [6.07, 6.45) is 39.6. The van der Waals surface area contributed by atoms with Crippen LogP contribution in [0.15, 0.2) is 0 Å². The Labute approximate surface area is 355 Å². The summed E-state index contributed by atoms with van der Waals surface area (Å²) in [6.45, 7) is 11.0. The van der Waals surface area contributed by atoms with Crippen molar-refractivity contribution in [3.05, 3.63) is 0 Å². The van der Waals surface area contributed by atoms with E-state index in [-0.39, 0.29) is 23.9 Å². The molecule has 7 heteroatoms. The Morgan fingerprint density at radius 3 is 1.11 bits per heavy atom. The molecule has 7 nitrogen and oxygen atoms in total. The highest BCUT2D eigenvalue weighted by Crippen LogP contribution is 2.23. The predicted octanol–water partition coefficient (Wildman–Crippen LogP) is 14.1. The highest BCUT2D eigenvalue weighted by Gasteiger charge is 2.14. The third kappa shape index (κ3) is 39.6. The van der Waals surface area contributed by atoms with Gasteiger partial charge in [-0.1, -0.05) is 195 Å². The van der Waals surface area contributed by atoms with Gasteiger partial charge in [0.2, 0.25) is 5.91 Å². The monoisotopic (exact) mass is 807 g/mol. The van der Waals surface area contributed by atoms with Crippen molar-refractivity contribution in [2.75, 3.05) is 33.9 Å². The summed E-state index contributed by atoms with van der Waals surface area (Å²) in [4.78, 5) is 39.5. The summed E-state index contributed by atoms with van der Waals surface area (Å²) in [7, 11) is 4.02. The molecule has 0 aromatic heterocycles. The molecule has 0 aliphatic heterocycles. The first-order chi connectivity index (χ1) is 27.7. The average molecular weight is 807 g/mol. The van der Waals surface area contributed by atoms with Gasteiger partial charge in [0.25, 0.3) is 0 Å².